The van der Waals surface area contributed by atoms with E-state index in [2.05, 4.69) is 56.7 Å². The molecule has 55 heavy (non-hydrogen) atoms. The van der Waals surface area contributed by atoms with Crippen molar-refractivity contribution in [2.45, 2.75) is 0 Å². The van der Waals surface area contributed by atoms with Crippen LogP contribution < -0.4 is 0 Å². The summed E-state index contributed by atoms with van der Waals surface area (Å²) in [6.45, 7) is 15.4. The first-order chi connectivity index (χ1) is 27.1. The highest BCUT2D eigenvalue weighted by molar-refractivity contribution is 6.11. The van der Waals surface area contributed by atoms with Crippen LogP contribution in [0.4, 0.5) is 11.4 Å². The molecule has 0 saturated heterocycles. The Morgan fingerprint density at radius 1 is 0.473 bits per heavy atom. The maximum absolute atomic E-state index is 9.74. The Labute approximate surface area is 318 Å². The second-order valence-electron chi connectivity index (χ2n) is 13.1. The van der Waals surface area contributed by atoms with Gasteiger partial charge in [0.2, 0.25) is 0 Å². The van der Waals surface area contributed by atoms with Crippen LogP contribution in [0.3, 0.4) is 0 Å². The number of rotatable bonds is 6. The lowest BCUT2D eigenvalue weighted by atomic mass is 9.91. The molecular weight excluding hydrogens is 673 g/mol. The zero-order valence-electron chi connectivity index (χ0n) is 29.3. The molecule has 0 amide bonds. The van der Waals surface area contributed by atoms with Crippen LogP contribution in [0.15, 0.2) is 170 Å². The Balaban J connectivity index is 1.42. The topological polar surface area (TPSA) is 63.2 Å². The highest BCUT2D eigenvalue weighted by Gasteiger charge is 2.23. The molecule has 0 spiro atoms. The summed E-state index contributed by atoms with van der Waals surface area (Å²) >= 11 is 0. The summed E-state index contributed by atoms with van der Waals surface area (Å²) in [5.74, 6) is 0.613. The van der Waals surface area contributed by atoms with Gasteiger partial charge < -0.3 is 4.57 Å². The molecule has 0 aliphatic heterocycles. The van der Waals surface area contributed by atoms with Crippen LogP contribution in [0.5, 0.6) is 0 Å². The smallest absolute Gasteiger partial charge is 0.188 e. The predicted octanol–water partition coefficient (Wildman–Crippen LogP) is 12.9. The van der Waals surface area contributed by atoms with Crippen molar-refractivity contribution in [1.82, 2.24) is 14.5 Å². The van der Waals surface area contributed by atoms with Gasteiger partial charge in [0, 0.05) is 33.2 Å². The summed E-state index contributed by atoms with van der Waals surface area (Å²) in [6.07, 6.45) is 0. The van der Waals surface area contributed by atoms with Gasteiger partial charge in [-0.2, -0.15) is 5.26 Å². The molecule has 254 valence electrons. The molecule has 0 fully saturated rings. The van der Waals surface area contributed by atoms with Gasteiger partial charge in [-0.1, -0.05) is 121 Å². The van der Waals surface area contributed by atoms with Gasteiger partial charge in [-0.15, -0.1) is 0 Å². The first-order valence-corrected chi connectivity index (χ1v) is 17.7. The van der Waals surface area contributed by atoms with E-state index in [1.54, 1.807) is 0 Å². The Bertz CT molecular complexity index is 2900. The molecule has 0 radical (unpaired) electrons. The molecule has 0 aliphatic carbocycles. The predicted molar refractivity (Wildman–Crippen MR) is 221 cm³/mol. The van der Waals surface area contributed by atoms with Crippen LogP contribution in [0.1, 0.15) is 5.56 Å². The summed E-state index contributed by atoms with van der Waals surface area (Å²) in [4.78, 5) is 17.7. The van der Waals surface area contributed by atoms with Gasteiger partial charge in [-0.05, 0) is 65.0 Å². The van der Waals surface area contributed by atoms with Crippen LogP contribution in [0.2, 0.25) is 0 Å². The van der Waals surface area contributed by atoms with Gasteiger partial charge in [-0.25, -0.2) is 19.7 Å². The highest BCUT2D eigenvalue weighted by atomic mass is 15.0. The van der Waals surface area contributed by atoms with Crippen LogP contribution in [0, 0.1) is 24.5 Å². The summed E-state index contributed by atoms with van der Waals surface area (Å²) in [5.41, 5.74) is 12.5. The first kappa shape index (κ1) is 32.8. The van der Waals surface area contributed by atoms with Gasteiger partial charge >= 0.3 is 0 Å². The van der Waals surface area contributed by atoms with Crippen molar-refractivity contribution < 1.29 is 0 Å². The lowest BCUT2D eigenvalue weighted by Gasteiger charge is -2.21. The average molecular weight is 701 g/mol. The standard InChI is InChI=1S/C49H28N6/c1-51-38-23-21-34(22-24-38)42-28-37(45-30-44(35-11-5-3-6-12-35)53-49(54-45)36-13-7-4-8-14-36)27-41(33-19-17-32(31-50)18-20-33)48(42)55-46-16-10-9-15-40(46)43-29-39(52-2)25-26-47(43)55/h3-30H. The van der Waals surface area contributed by atoms with Crippen LogP contribution in [-0.2, 0) is 0 Å². The number of nitriles is 1. The molecule has 9 aromatic rings. The molecule has 6 heteroatoms. The Morgan fingerprint density at radius 2 is 1.02 bits per heavy atom. The molecule has 0 aliphatic rings. The van der Waals surface area contributed by atoms with E-state index in [4.69, 9.17) is 23.1 Å². The first-order valence-electron chi connectivity index (χ1n) is 17.7. The van der Waals surface area contributed by atoms with Gasteiger partial charge in [-0.3, -0.25) is 0 Å². The molecule has 2 heterocycles. The number of fused-ring (bicyclic) bond motifs is 3. The lowest BCUT2D eigenvalue weighted by molar-refractivity contribution is 1.17. The second-order valence-corrected chi connectivity index (χ2v) is 13.1. The fourth-order valence-electron chi connectivity index (χ4n) is 7.24. The van der Waals surface area contributed by atoms with Crippen molar-refractivity contribution in [3.05, 3.63) is 198 Å². The minimum absolute atomic E-state index is 0.549. The van der Waals surface area contributed by atoms with E-state index in [9.17, 15) is 5.26 Å². The van der Waals surface area contributed by atoms with Crippen LogP contribution >= 0.6 is 0 Å². The SMILES string of the molecule is [C-]#[N+]c1ccc(-c2cc(-c3cc(-c4ccccc4)nc(-c4ccccc4)n3)cc(-c3ccc(C#N)cc3)c2-n2c3ccccc3c3cc([N+]#[C-])ccc32)cc1. The Hall–Kier alpha value is -8.11. The van der Waals surface area contributed by atoms with Crippen LogP contribution in [0.25, 0.3) is 93.3 Å². The summed E-state index contributed by atoms with van der Waals surface area (Å²) in [7, 11) is 0. The normalized spacial score (nSPS) is 10.9. The highest BCUT2D eigenvalue weighted by Crippen LogP contribution is 2.45. The molecule has 6 nitrogen and oxygen atoms in total. The largest absolute Gasteiger partial charge is 0.308 e. The molecule has 0 unspecified atom stereocenters. The third-order valence-corrected chi connectivity index (χ3v) is 9.87. The lowest BCUT2D eigenvalue weighted by Crippen LogP contribution is -2.03. The van der Waals surface area contributed by atoms with Gasteiger partial charge in [0.1, 0.15) is 0 Å². The minimum Gasteiger partial charge on any atom is -0.308 e. The third-order valence-electron chi connectivity index (χ3n) is 9.87. The fourth-order valence-corrected chi connectivity index (χ4v) is 7.24. The van der Waals surface area contributed by atoms with Crippen molar-refractivity contribution >= 4 is 33.2 Å². The molecule has 9 rings (SSSR count). The number of para-hydroxylation sites is 1. The average Bonchev–Trinajstić information content (AvgIpc) is 3.59. The number of hydrogen-bond acceptors (Lipinski definition) is 3. The van der Waals surface area contributed by atoms with Crippen molar-refractivity contribution in [2.24, 2.45) is 0 Å². The Morgan fingerprint density at radius 3 is 1.65 bits per heavy atom. The zero-order valence-corrected chi connectivity index (χ0v) is 29.3. The zero-order chi connectivity index (χ0) is 37.3. The fraction of sp³-hybridized carbons (Fsp3) is 0. The van der Waals surface area contributed by atoms with Crippen molar-refractivity contribution in [1.29, 1.82) is 5.26 Å². The summed E-state index contributed by atoms with van der Waals surface area (Å²) in [6, 6.07) is 58.2. The van der Waals surface area contributed by atoms with Crippen LogP contribution in [-0.4, -0.2) is 14.5 Å². The van der Waals surface area contributed by atoms with Gasteiger partial charge in [0.15, 0.2) is 17.2 Å². The van der Waals surface area contributed by atoms with E-state index in [1.807, 2.05) is 133 Å². The molecule has 0 N–H and O–H groups in total. The minimum atomic E-state index is 0.549. The maximum Gasteiger partial charge on any atom is 0.188 e. The van der Waals surface area contributed by atoms with E-state index in [-0.39, 0.29) is 0 Å². The third kappa shape index (κ3) is 5.95. The number of hydrogen-bond donors (Lipinski definition) is 0. The molecule has 0 bridgehead atoms. The summed E-state index contributed by atoms with van der Waals surface area (Å²) < 4.78 is 2.28. The van der Waals surface area contributed by atoms with E-state index in [0.717, 1.165) is 77.8 Å². The van der Waals surface area contributed by atoms with E-state index in [1.165, 1.54) is 0 Å². The maximum atomic E-state index is 9.74. The van der Waals surface area contributed by atoms with Crippen molar-refractivity contribution in [2.75, 3.05) is 0 Å². The molecular formula is C49H28N6. The molecule has 2 aromatic heterocycles. The van der Waals surface area contributed by atoms with E-state index in [0.29, 0.717) is 22.8 Å². The quantitative estimate of drug-likeness (QED) is 0.162. The monoisotopic (exact) mass is 700 g/mol. The van der Waals surface area contributed by atoms with Crippen molar-refractivity contribution in [3.63, 3.8) is 0 Å². The molecule has 7 aromatic carbocycles. The second kappa shape index (κ2) is 13.8. The summed E-state index contributed by atoms with van der Waals surface area (Å²) in [5, 5.41) is 11.7. The van der Waals surface area contributed by atoms with E-state index < -0.39 is 0 Å². The number of nitrogens with zero attached hydrogens (tertiary/aromatic N) is 6. The van der Waals surface area contributed by atoms with Gasteiger partial charge in [0.05, 0.1) is 52.9 Å². The number of aromatic nitrogens is 3. The number of benzene rings is 7. The Kier molecular flexibility index (Phi) is 8.22. The molecule has 0 atom stereocenters. The van der Waals surface area contributed by atoms with Crippen molar-refractivity contribution in [3.8, 4) is 67.9 Å². The van der Waals surface area contributed by atoms with E-state index >= 15 is 0 Å². The molecule has 0 saturated carbocycles. The van der Waals surface area contributed by atoms with Gasteiger partial charge in [0.25, 0.3) is 0 Å².